The molecule has 1 aliphatic rings. The maximum atomic E-state index is 10.9. The molecule has 0 aromatic rings. The molecule has 2 unspecified atom stereocenters. The summed E-state index contributed by atoms with van der Waals surface area (Å²) in [6, 6.07) is -0.353. The highest BCUT2D eigenvalue weighted by Crippen LogP contribution is 2.12. The smallest absolute Gasteiger partial charge is 0.320 e. The molecule has 0 amide bonds. The molecule has 1 aliphatic heterocycles. The van der Waals surface area contributed by atoms with Crippen LogP contribution in [0, 0.1) is 5.92 Å². The molecule has 1 fully saturated rings. The lowest BCUT2D eigenvalue weighted by molar-refractivity contribution is -0.140. The lowest BCUT2D eigenvalue weighted by Crippen LogP contribution is -2.41. The number of carboxylic acid groups (broad SMARTS) is 1. The van der Waals surface area contributed by atoms with Crippen molar-refractivity contribution in [3.05, 3.63) is 0 Å². The number of nitrogens with one attached hydrogen (secondary N) is 1. The lowest BCUT2D eigenvalue weighted by atomic mass is 10.1. The minimum atomic E-state index is -0.813. The summed E-state index contributed by atoms with van der Waals surface area (Å²) in [7, 11) is 0. The molecule has 5 nitrogen and oxygen atoms in total. The van der Waals surface area contributed by atoms with E-state index in [1.165, 1.54) is 0 Å². The van der Waals surface area contributed by atoms with E-state index in [2.05, 4.69) is 5.32 Å². The van der Waals surface area contributed by atoms with Gasteiger partial charge in [-0.1, -0.05) is 13.8 Å². The molecule has 0 bridgehead atoms. The Kier molecular flexibility index (Phi) is 6.47. The van der Waals surface area contributed by atoms with Gasteiger partial charge in [-0.05, 0) is 12.8 Å². The molecule has 100 valence electrons. The number of rotatable bonds is 8. The first-order valence-corrected chi connectivity index (χ1v) is 6.24. The Labute approximate surface area is 102 Å². The third kappa shape index (κ3) is 6.00. The van der Waals surface area contributed by atoms with Crippen molar-refractivity contribution in [2.75, 3.05) is 26.4 Å². The summed E-state index contributed by atoms with van der Waals surface area (Å²) in [5, 5.41) is 12.0. The van der Waals surface area contributed by atoms with Crippen LogP contribution in [0.4, 0.5) is 0 Å². The molecule has 17 heavy (non-hydrogen) atoms. The van der Waals surface area contributed by atoms with Crippen LogP contribution in [0.5, 0.6) is 0 Å². The van der Waals surface area contributed by atoms with Crippen LogP contribution in [0.3, 0.4) is 0 Å². The quantitative estimate of drug-likeness (QED) is 0.621. The number of carboxylic acids is 1. The van der Waals surface area contributed by atoms with E-state index >= 15 is 0 Å². The van der Waals surface area contributed by atoms with E-state index in [9.17, 15) is 4.79 Å². The normalized spacial score (nSPS) is 21.9. The minimum absolute atomic E-state index is 0.166. The van der Waals surface area contributed by atoms with Crippen molar-refractivity contribution >= 4 is 5.97 Å². The molecule has 0 aromatic carbocycles. The Morgan fingerprint density at radius 3 is 2.88 bits per heavy atom. The molecular formula is C12H23NO4. The van der Waals surface area contributed by atoms with Crippen LogP contribution in [-0.2, 0) is 14.3 Å². The maximum absolute atomic E-state index is 10.9. The summed E-state index contributed by atoms with van der Waals surface area (Å²) in [4.78, 5) is 10.9. The van der Waals surface area contributed by atoms with Crippen LogP contribution in [0.15, 0.2) is 0 Å². The fourth-order valence-electron chi connectivity index (χ4n) is 1.85. The largest absolute Gasteiger partial charge is 0.480 e. The molecule has 0 aliphatic carbocycles. The van der Waals surface area contributed by atoms with E-state index in [0.29, 0.717) is 25.6 Å². The van der Waals surface area contributed by atoms with Crippen LogP contribution < -0.4 is 5.32 Å². The number of hydrogen-bond acceptors (Lipinski definition) is 4. The summed E-state index contributed by atoms with van der Waals surface area (Å²) < 4.78 is 10.7. The Balaban J connectivity index is 2.11. The van der Waals surface area contributed by atoms with E-state index in [4.69, 9.17) is 14.6 Å². The average molecular weight is 245 g/mol. The summed E-state index contributed by atoms with van der Waals surface area (Å²) in [5.74, 6) is -0.331. The van der Waals surface area contributed by atoms with Gasteiger partial charge in [0.15, 0.2) is 0 Å². The van der Waals surface area contributed by atoms with E-state index in [1.54, 1.807) is 0 Å². The standard InChI is InChI=1S/C12H23NO4/c1-9(2)13-11(12(14)15)4-6-17-8-10-3-5-16-7-10/h9-11,13H,3-8H2,1-2H3,(H,14,15). The third-order valence-electron chi connectivity index (χ3n) is 2.76. The second-order valence-electron chi connectivity index (χ2n) is 4.81. The van der Waals surface area contributed by atoms with Crippen LogP contribution in [0.2, 0.25) is 0 Å². The van der Waals surface area contributed by atoms with Crippen molar-refractivity contribution in [2.45, 2.75) is 38.8 Å². The zero-order valence-corrected chi connectivity index (χ0v) is 10.6. The summed E-state index contributed by atoms with van der Waals surface area (Å²) >= 11 is 0. The lowest BCUT2D eigenvalue weighted by Gasteiger charge is -2.17. The van der Waals surface area contributed by atoms with Crippen molar-refractivity contribution in [1.29, 1.82) is 0 Å². The van der Waals surface area contributed by atoms with Crippen LogP contribution >= 0.6 is 0 Å². The number of ether oxygens (including phenoxy) is 2. The van der Waals surface area contributed by atoms with E-state index in [1.807, 2.05) is 13.8 Å². The number of carbonyl (C=O) groups is 1. The highest BCUT2D eigenvalue weighted by atomic mass is 16.5. The van der Waals surface area contributed by atoms with Gasteiger partial charge >= 0.3 is 5.97 Å². The first-order valence-electron chi connectivity index (χ1n) is 6.24. The zero-order valence-electron chi connectivity index (χ0n) is 10.6. The van der Waals surface area contributed by atoms with Gasteiger partial charge < -0.3 is 19.9 Å². The topological polar surface area (TPSA) is 67.8 Å². The van der Waals surface area contributed by atoms with Crippen molar-refractivity contribution < 1.29 is 19.4 Å². The minimum Gasteiger partial charge on any atom is -0.480 e. The number of hydrogen-bond donors (Lipinski definition) is 2. The molecule has 0 radical (unpaired) electrons. The van der Waals surface area contributed by atoms with Gasteiger partial charge in [-0.2, -0.15) is 0 Å². The number of aliphatic carboxylic acids is 1. The van der Waals surface area contributed by atoms with Crippen molar-refractivity contribution in [1.82, 2.24) is 5.32 Å². The van der Waals surface area contributed by atoms with E-state index in [0.717, 1.165) is 19.6 Å². The first-order chi connectivity index (χ1) is 8.09. The third-order valence-corrected chi connectivity index (χ3v) is 2.76. The van der Waals surface area contributed by atoms with Crippen LogP contribution in [0.1, 0.15) is 26.7 Å². The molecule has 0 spiro atoms. The fraction of sp³-hybridized carbons (Fsp3) is 0.917. The Morgan fingerprint density at radius 1 is 1.59 bits per heavy atom. The molecule has 0 aromatic heterocycles. The first kappa shape index (κ1) is 14.4. The molecule has 1 saturated heterocycles. The molecule has 1 heterocycles. The summed E-state index contributed by atoms with van der Waals surface area (Å²) in [6.07, 6.45) is 1.55. The predicted molar refractivity (Wildman–Crippen MR) is 64.1 cm³/mol. The summed E-state index contributed by atoms with van der Waals surface area (Å²) in [5.41, 5.74) is 0. The predicted octanol–water partition coefficient (Wildman–Crippen LogP) is 0.881. The van der Waals surface area contributed by atoms with Gasteiger partial charge in [0.05, 0.1) is 13.2 Å². The van der Waals surface area contributed by atoms with E-state index in [-0.39, 0.29) is 6.04 Å². The van der Waals surface area contributed by atoms with Crippen molar-refractivity contribution in [3.8, 4) is 0 Å². The highest BCUT2D eigenvalue weighted by Gasteiger charge is 2.19. The van der Waals surface area contributed by atoms with Gasteiger partial charge in [0.2, 0.25) is 0 Å². The molecule has 2 N–H and O–H groups in total. The Morgan fingerprint density at radius 2 is 2.35 bits per heavy atom. The second-order valence-corrected chi connectivity index (χ2v) is 4.81. The molecule has 0 saturated carbocycles. The van der Waals surface area contributed by atoms with Crippen molar-refractivity contribution in [2.24, 2.45) is 5.92 Å². The fourth-order valence-corrected chi connectivity index (χ4v) is 1.85. The molecule has 1 rings (SSSR count). The Bertz CT molecular complexity index is 227. The zero-order chi connectivity index (χ0) is 12.7. The van der Waals surface area contributed by atoms with Gasteiger partial charge in [0, 0.05) is 25.2 Å². The molecular weight excluding hydrogens is 222 g/mol. The van der Waals surface area contributed by atoms with Crippen LogP contribution in [0.25, 0.3) is 0 Å². The SMILES string of the molecule is CC(C)NC(CCOCC1CCOC1)C(=O)O. The maximum Gasteiger partial charge on any atom is 0.320 e. The van der Waals surface area contributed by atoms with Gasteiger partial charge in [0.1, 0.15) is 6.04 Å². The van der Waals surface area contributed by atoms with Crippen molar-refractivity contribution in [3.63, 3.8) is 0 Å². The van der Waals surface area contributed by atoms with Gasteiger partial charge in [-0.15, -0.1) is 0 Å². The Hall–Kier alpha value is -0.650. The highest BCUT2D eigenvalue weighted by molar-refractivity contribution is 5.73. The van der Waals surface area contributed by atoms with Gasteiger partial charge in [-0.25, -0.2) is 0 Å². The second kappa shape index (κ2) is 7.63. The van der Waals surface area contributed by atoms with E-state index < -0.39 is 12.0 Å². The summed E-state index contributed by atoms with van der Waals surface area (Å²) in [6.45, 7) is 6.62. The van der Waals surface area contributed by atoms with Gasteiger partial charge in [-0.3, -0.25) is 4.79 Å². The van der Waals surface area contributed by atoms with Crippen LogP contribution in [-0.4, -0.2) is 49.6 Å². The molecule has 2 atom stereocenters. The van der Waals surface area contributed by atoms with Gasteiger partial charge in [0.25, 0.3) is 0 Å². The average Bonchev–Trinajstić information content (AvgIpc) is 2.74. The molecule has 5 heteroatoms. The monoisotopic (exact) mass is 245 g/mol.